The summed E-state index contributed by atoms with van der Waals surface area (Å²) >= 11 is 0. The molecule has 0 spiro atoms. The van der Waals surface area contributed by atoms with Crippen LogP contribution in [0.15, 0.2) is 42.7 Å². The summed E-state index contributed by atoms with van der Waals surface area (Å²) in [6.45, 7) is 5.10. The van der Waals surface area contributed by atoms with E-state index in [1.54, 1.807) is 0 Å². The lowest BCUT2D eigenvalue weighted by atomic mass is 9.44. The average molecular weight is 391 g/mol. The van der Waals surface area contributed by atoms with Crippen molar-refractivity contribution in [2.24, 2.45) is 34.5 Å². The molecular formula is C26H34N2O. The van der Waals surface area contributed by atoms with E-state index >= 15 is 0 Å². The van der Waals surface area contributed by atoms with Crippen LogP contribution in [-0.2, 0) is 0 Å². The Labute approximate surface area is 174 Å². The van der Waals surface area contributed by atoms with Gasteiger partial charge in [0.25, 0.3) is 0 Å². The zero-order valence-corrected chi connectivity index (χ0v) is 17.8. The molecule has 0 aliphatic heterocycles. The third kappa shape index (κ3) is 2.43. The molecule has 1 aromatic carbocycles. The number of fused-ring (bicyclic) bond motifs is 6. The van der Waals surface area contributed by atoms with E-state index in [1.807, 2.05) is 0 Å². The van der Waals surface area contributed by atoms with Crippen LogP contribution in [0.4, 0.5) is 0 Å². The Morgan fingerprint density at radius 3 is 2.83 bits per heavy atom. The highest BCUT2D eigenvalue weighted by molar-refractivity contribution is 5.75. The van der Waals surface area contributed by atoms with Gasteiger partial charge in [-0.1, -0.05) is 38.1 Å². The largest absolute Gasteiger partial charge is 0.393 e. The molecule has 1 heterocycles. The standard InChI is InChI=1S/C26H34N2O/c1-25-12-5-6-20(25)19-10-9-17-14-18(29)15-24(26(17,2)21(19)11-13-25)28-16-27-22-7-3-4-8-23(22)28/h3-5,7-8,12,16-21,24,29H,6,9-11,13-15H2,1-2H3/t17-,18-,19-,20-,21-,24?,25-,26-/m0/s1. The Hall–Kier alpha value is -1.61. The van der Waals surface area contributed by atoms with Crippen LogP contribution < -0.4 is 0 Å². The molecule has 3 nitrogen and oxygen atoms in total. The van der Waals surface area contributed by atoms with E-state index in [0.29, 0.717) is 17.4 Å². The molecule has 2 aromatic rings. The molecule has 6 rings (SSSR count). The zero-order chi connectivity index (χ0) is 19.8. The van der Waals surface area contributed by atoms with Gasteiger partial charge in [-0.2, -0.15) is 0 Å². The highest BCUT2D eigenvalue weighted by Crippen LogP contribution is 2.67. The number of imidazole rings is 1. The molecule has 0 saturated heterocycles. The van der Waals surface area contributed by atoms with Crippen LogP contribution in [0.25, 0.3) is 11.0 Å². The van der Waals surface area contributed by atoms with E-state index in [4.69, 9.17) is 4.98 Å². The first-order chi connectivity index (χ1) is 14.0. The quantitative estimate of drug-likeness (QED) is 0.629. The number of para-hydroxylation sites is 2. The molecule has 1 aromatic heterocycles. The Bertz CT molecular complexity index is 963. The summed E-state index contributed by atoms with van der Waals surface area (Å²) in [5.74, 6) is 3.04. The molecule has 1 unspecified atom stereocenters. The first kappa shape index (κ1) is 18.2. The molecule has 0 amide bonds. The molecule has 8 atom stereocenters. The fourth-order valence-corrected chi connectivity index (χ4v) is 8.42. The monoisotopic (exact) mass is 390 g/mol. The third-order valence-corrected chi connectivity index (χ3v) is 9.88. The number of benzene rings is 1. The molecule has 1 N–H and O–H groups in total. The highest BCUT2D eigenvalue weighted by atomic mass is 16.3. The summed E-state index contributed by atoms with van der Waals surface area (Å²) in [5.41, 5.74) is 2.99. The maximum absolute atomic E-state index is 10.8. The van der Waals surface area contributed by atoms with Crippen LogP contribution in [0, 0.1) is 34.5 Å². The van der Waals surface area contributed by atoms with Crippen molar-refractivity contribution in [2.75, 3.05) is 0 Å². The lowest BCUT2D eigenvalue weighted by molar-refractivity contribution is -0.142. The molecule has 4 aliphatic rings. The Balaban J connectivity index is 1.45. The van der Waals surface area contributed by atoms with E-state index < -0.39 is 0 Å². The second-order valence-electron chi connectivity index (χ2n) is 11.0. The predicted molar refractivity (Wildman–Crippen MR) is 116 cm³/mol. The summed E-state index contributed by atoms with van der Waals surface area (Å²) < 4.78 is 2.44. The van der Waals surface area contributed by atoms with Gasteiger partial charge in [0.1, 0.15) is 0 Å². The van der Waals surface area contributed by atoms with Gasteiger partial charge in [-0.3, -0.25) is 0 Å². The number of hydrogen-bond acceptors (Lipinski definition) is 2. The van der Waals surface area contributed by atoms with Gasteiger partial charge in [-0.25, -0.2) is 4.98 Å². The molecule has 4 aliphatic carbocycles. The molecule has 0 bridgehead atoms. The van der Waals surface area contributed by atoms with Gasteiger partial charge in [0.15, 0.2) is 0 Å². The molecule has 3 saturated carbocycles. The van der Waals surface area contributed by atoms with Crippen LogP contribution in [0.5, 0.6) is 0 Å². The Morgan fingerprint density at radius 1 is 1.07 bits per heavy atom. The fraction of sp³-hybridized carbons (Fsp3) is 0.654. The number of hydrogen-bond donors (Lipinski definition) is 1. The second-order valence-corrected chi connectivity index (χ2v) is 11.0. The number of aromatic nitrogens is 2. The number of aliphatic hydroxyl groups excluding tert-OH is 1. The van der Waals surface area contributed by atoms with Crippen LogP contribution in [0.1, 0.15) is 64.8 Å². The molecule has 154 valence electrons. The van der Waals surface area contributed by atoms with Crippen molar-refractivity contribution >= 4 is 11.0 Å². The topological polar surface area (TPSA) is 38.0 Å². The van der Waals surface area contributed by atoms with Gasteiger partial charge in [-0.15, -0.1) is 0 Å². The fourth-order valence-electron chi connectivity index (χ4n) is 8.42. The van der Waals surface area contributed by atoms with Crippen molar-refractivity contribution < 1.29 is 5.11 Å². The highest BCUT2D eigenvalue weighted by Gasteiger charge is 2.60. The van der Waals surface area contributed by atoms with Crippen molar-refractivity contribution in [1.29, 1.82) is 0 Å². The first-order valence-corrected chi connectivity index (χ1v) is 11.8. The Morgan fingerprint density at radius 2 is 1.93 bits per heavy atom. The lowest BCUT2D eigenvalue weighted by Gasteiger charge is -2.62. The smallest absolute Gasteiger partial charge is 0.0961 e. The zero-order valence-electron chi connectivity index (χ0n) is 17.8. The van der Waals surface area contributed by atoms with Gasteiger partial charge < -0.3 is 9.67 Å². The van der Waals surface area contributed by atoms with Crippen molar-refractivity contribution in [2.45, 2.75) is 70.9 Å². The van der Waals surface area contributed by atoms with E-state index in [9.17, 15) is 5.11 Å². The minimum Gasteiger partial charge on any atom is -0.393 e. The maximum atomic E-state index is 10.8. The predicted octanol–water partition coefficient (Wildman–Crippen LogP) is 5.76. The van der Waals surface area contributed by atoms with Crippen LogP contribution in [-0.4, -0.2) is 20.8 Å². The second kappa shape index (κ2) is 6.20. The van der Waals surface area contributed by atoms with E-state index in [0.717, 1.165) is 36.1 Å². The molecule has 3 fully saturated rings. The number of aliphatic hydroxyl groups is 1. The number of allylic oxidation sites excluding steroid dienone is 2. The minimum absolute atomic E-state index is 0.183. The van der Waals surface area contributed by atoms with Crippen LogP contribution in [0.2, 0.25) is 0 Å². The van der Waals surface area contributed by atoms with Crippen LogP contribution >= 0.6 is 0 Å². The molecular weight excluding hydrogens is 356 g/mol. The third-order valence-electron chi connectivity index (χ3n) is 9.88. The summed E-state index contributed by atoms with van der Waals surface area (Å²) in [6.07, 6.45) is 15.3. The van der Waals surface area contributed by atoms with Gasteiger partial charge in [0.2, 0.25) is 0 Å². The average Bonchev–Trinajstić information content (AvgIpc) is 3.31. The SMILES string of the molecule is C[C@]12C(n3cnc4ccccc43)C[C@@H](O)C[C@@H]1CC[C@@H]1[C@@H]2CC[C@]2(C)C=CC[C@@H]12. The molecule has 29 heavy (non-hydrogen) atoms. The van der Waals surface area contributed by atoms with Crippen molar-refractivity contribution in [3.05, 3.63) is 42.7 Å². The summed E-state index contributed by atoms with van der Waals surface area (Å²) in [7, 11) is 0. The van der Waals surface area contributed by atoms with E-state index in [2.05, 4.69) is 61.2 Å². The number of nitrogens with zero attached hydrogens (tertiary/aromatic N) is 2. The molecule has 3 heteroatoms. The summed E-state index contributed by atoms with van der Waals surface area (Å²) in [4.78, 5) is 4.73. The van der Waals surface area contributed by atoms with Gasteiger partial charge in [0.05, 0.1) is 23.5 Å². The number of rotatable bonds is 1. The van der Waals surface area contributed by atoms with Gasteiger partial charge in [0, 0.05) is 6.04 Å². The minimum atomic E-state index is -0.183. The van der Waals surface area contributed by atoms with Crippen molar-refractivity contribution in [3.8, 4) is 0 Å². The van der Waals surface area contributed by atoms with Gasteiger partial charge >= 0.3 is 0 Å². The Kier molecular flexibility index (Phi) is 3.89. The van der Waals surface area contributed by atoms with Crippen molar-refractivity contribution in [1.82, 2.24) is 9.55 Å². The van der Waals surface area contributed by atoms with E-state index in [-0.39, 0.29) is 11.5 Å². The first-order valence-electron chi connectivity index (χ1n) is 11.8. The van der Waals surface area contributed by atoms with Crippen LogP contribution in [0.3, 0.4) is 0 Å². The maximum Gasteiger partial charge on any atom is 0.0961 e. The van der Waals surface area contributed by atoms with E-state index in [1.165, 1.54) is 37.6 Å². The summed E-state index contributed by atoms with van der Waals surface area (Å²) in [5, 5.41) is 10.8. The van der Waals surface area contributed by atoms with Gasteiger partial charge in [-0.05, 0) is 91.6 Å². The normalized spacial score (nSPS) is 46.3. The van der Waals surface area contributed by atoms with Crippen molar-refractivity contribution in [3.63, 3.8) is 0 Å². The lowest BCUT2D eigenvalue weighted by Crippen LogP contribution is -2.57. The molecule has 0 radical (unpaired) electrons. The summed E-state index contributed by atoms with van der Waals surface area (Å²) in [6, 6.07) is 8.87.